The van der Waals surface area contributed by atoms with Crippen molar-refractivity contribution in [2.75, 3.05) is 26.4 Å². The molecule has 0 aromatic carbocycles. The number of aliphatic hydroxyl groups is 2. The highest BCUT2D eigenvalue weighted by Gasteiger charge is 2.12. The van der Waals surface area contributed by atoms with Gasteiger partial charge in [0.25, 0.3) is 0 Å². The third-order valence-corrected chi connectivity index (χ3v) is 4.44. The van der Waals surface area contributed by atoms with Gasteiger partial charge in [0.2, 0.25) is 0 Å². The summed E-state index contributed by atoms with van der Waals surface area (Å²) >= 11 is 1.64. The first-order chi connectivity index (χ1) is 9.54. The molecule has 0 aliphatic rings. The Balaban J connectivity index is 2.08. The molecule has 6 heteroatoms. The fraction of sp³-hybridized carbons (Fsp3) is 0.786. The molecule has 3 atom stereocenters. The number of aliphatic hydroxyl groups excluding tert-OH is 2. The van der Waals surface area contributed by atoms with Gasteiger partial charge < -0.3 is 20.3 Å². The van der Waals surface area contributed by atoms with Crippen LogP contribution in [0.15, 0.2) is 5.51 Å². The van der Waals surface area contributed by atoms with Gasteiger partial charge in [-0.1, -0.05) is 6.92 Å². The van der Waals surface area contributed by atoms with E-state index in [1.165, 1.54) is 4.88 Å². The lowest BCUT2D eigenvalue weighted by Gasteiger charge is -2.21. The van der Waals surface area contributed by atoms with E-state index in [1.807, 2.05) is 26.3 Å². The summed E-state index contributed by atoms with van der Waals surface area (Å²) in [6.07, 6.45) is 0.320. The predicted molar refractivity (Wildman–Crippen MR) is 81.1 cm³/mol. The van der Waals surface area contributed by atoms with Crippen molar-refractivity contribution in [3.8, 4) is 0 Å². The third kappa shape index (κ3) is 6.28. The number of nitrogens with one attached hydrogen (secondary N) is 1. The molecule has 0 radical (unpaired) electrons. The van der Waals surface area contributed by atoms with Gasteiger partial charge in [0, 0.05) is 30.5 Å². The molecule has 1 aromatic rings. The van der Waals surface area contributed by atoms with Crippen LogP contribution in [0.25, 0.3) is 0 Å². The van der Waals surface area contributed by atoms with E-state index < -0.39 is 6.10 Å². The van der Waals surface area contributed by atoms with Gasteiger partial charge in [0.1, 0.15) is 0 Å². The van der Waals surface area contributed by atoms with Crippen LogP contribution in [-0.4, -0.2) is 53.7 Å². The molecule has 3 N–H and O–H groups in total. The summed E-state index contributed by atoms with van der Waals surface area (Å²) in [5.41, 5.74) is 2.90. The maximum absolute atomic E-state index is 9.80. The van der Waals surface area contributed by atoms with Crippen LogP contribution in [0.5, 0.6) is 0 Å². The lowest BCUT2D eigenvalue weighted by molar-refractivity contribution is 0.0358. The highest BCUT2D eigenvalue weighted by molar-refractivity contribution is 7.09. The van der Waals surface area contributed by atoms with E-state index in [4.69, 9.17) is 9.84 Å². The molecule has 0 spiro atoms. The van der Waals surface area contributed by atoms with Crippen LogP contribution in [0.2, 0.25) is 0 Å². The molecule has 0 amide bonds. The highest BCUT2D eigenvalue weighted by atomic mass is 32.1. The Morgan fingerprint density at radius 1 is 1.45 bits per heavy atom. The molecule has 0 aliphatic carbocycles. The number of thiazole rings is 1. The molecule has 5 nitrogen and oxygen atoms in total. The quantitative estimate of drug-likeness (QED) is 0.562. The van der Waals surface area contributed by atoms with Crippen LogP contribution in [0.4, 0.5) is 0 Å². The predicted octanol–water partition coefficient (Wildman–Crippen LogP) is 0.978. The summed E-state index contributed by atoms with van der Waals surface area (Å²) in [6.45, 7) is 7.51. The van der Waals surface area contributed by atoms with Crippen molar-refractivity contribution in [3.63, 3.8) is 0 Å². The smallest absolute Gasteiger partial charge is 0.0897 e. The number of hydrogen-bond acceptors (Lipinski definition) is 6. The second-order valence-corrected chi connectivity index (χ2v) is 6.14. The minimum atomic E-state index is -0.522. The summed E-state index contributed by atoms with van der Waals surface area (Å²) in [7, 11) is 0. The average molecular weight is 302 g/mol. The Kier molecular flexibility index (Phi) is 8.25. The van der Waals surface area contributed by atoms with Crippen molar-refractivity contribution in [1.29, 1.82) is 0 Å². The highest BCUT2D eigenvalue weighted by Crippen LogP contribution is 2.12. The van der Waals surface area contributed by atoms with Gasteiger partial charge in [-0.15, -0.1) is 11.3 Å². The lowest BCUT2D eigenvalue weighted by Crippen LogP contribution is -2.40. The van der Waals surface area contributed by atoms with E-state index >= 15 is 0 Å². The Morgan fingerprint density at radius 3 is 2.80 bits per heavy atom. The minimum absolute atomic E-state index is 0.148. The molecular weight excluding hydrogens is 276 g/mol. The molecule has 1 rings (SSSR count). The largest absolute Gasteiger partial charge is 0.396 e. The van der Waals surface area contributed by atoms with Crippen molar-refractivity contribution < 1.29 is 14.9 Å². The van der Waals surface area contributed by atoms with E-state index in [0.29, 0.717) is 19.8 Å². The molecule has 1 aromatic heterocycles. The van der Waals surface area contributed by atoms with Gasteiger partial charge >= 0.3 is 0 Å². The number of hydrogen-bond donors (Lipinski definition) is 3. The molecule has 20 heavy (non-hydrogen) atoms. The van der Waals surface area contributed by atoms with E-state index in [2.05, 4.69) is 10.3 Å². The van der Waals surface area contributed by atoms with Gasteiger partial charge in [-0.3, -0.25) is 0 Å². The van der Waals surface area contributed by atoms with Crippen molar-refractivity contribution in [3.05, 3.63) is 16.1 Å². The summed E-state index contributed by atoms with van der Waals surface area (Å²) in [4.78, 5) is 5.43. The monoisotopic (exact) mass is 302 g/mol. The number of nitrogens with zero attached hydrogens (tertiary/aromatic N) is 1. The summed E-state index contributed by atoms with van der Waals surface area (Å²) in [6, 6.07) is 0.175. The van der Waals surface area contributed by atoms with Crippen molar-refractivity contribution in [2.24, 2.45) is 5.92 Å². The maximum atomic E-state index is 9.80. The number of ether oxygens (including phenoxy) is 1. The molecule has 1 heterocycles. The van der Waals surface area contributed by atoms with Gasteiger partial charge in [-0.2, -0.15) is 0 Å². The molecule has 0 bridgehead atoms. The first-order valence-electron chi connectivity index (χ1n) is 7.03. The topological polar surface area (TPSA) is 74.6 Å². The Morgan fingerprint density at radius 2 is 2.20 bits per heavy atom. The fourth-order valence-electron chi connectivity index (χ4n) is 1.69. The van der Waals surface area contributed by atoms with E-state index in [1.54, 1.807) is 11.3 Å². The van der Waals surface area contributed by atoms with Crippen LogP contribution in [-0.2, 0) is 11.2 Å². The Hall–Kier alpha value is -0.530. The van der Waals surface area contributed by atoms with Crippen LogP contribution >= 0.6 is 11.3 Å². The Bertz CT molecular complexity index is 373. The first-order valence-corrected chi connectivity index (χ1v) is 7.91. The zero-order chi connectivity index (χ0) is 15.0. The maximum Gasteiger partial charge on any atom is 0.0897 e. The second-order valence-electron chi connectivity index (χ2n) is 5.20. The number of aromatic nitrogens is 1. The molecule has 0 aliphatic heterocycles. The SMILES string of the molecule is Cc1ncsc1CCOCC(O)CNC(C)C(C)CO. The lowest BCUT2D eigenvalue weighted by atomic mass is 10.1. The summed E-state index contributed by atoms with van der Waals surface area (Å²) < 4.78 is 5.48. The van der Waals surface area contributed by atoms with E-state index in [-0.39, 0.29) is 18.6 Å². The van der Waals surface area contributed by atoms with Gasteiger partial charge in [-0.05, 0) is 19.8 Å². The molecule has 116 valence electrons. The van der Waals surface area contributed by atoms with Crippen LogP contribution in [0.1, 0.15) is 24.4 Å². The van der Waals surface area contributed by atoms with Crippen LogP contribution in [0, 0.1) is 12.8 Å². The molecule has 0 fully saturated rings. The zero-order valence-corrected chi connectivity index (χ0v) is 13.3. The van der Waals surface area contributed by atoms with Crippen LogP contribution < -0.4 is 5.32 Å². The van der Waals surface area contributed by atoms with Gasteiger partial charge in [0.05, 0.1) is 30.5 Å². The van der Waals surface area contributed by atoms with Crippen molar-refractivity contribution >= 4 is 11.3 Å². The molecular formula is C14H26N2O3S. The van der Waals surface area contributed by atoms with Crippen LogP contribution in [0.3, 0.4) is 0 Å². The fourth-order valence-corrected chi connectivity index (χ4v) is 2.45. The number of rotatable bonds is 10. The Labute approximate surface area is 125 Å². The summed E-state index contributed by atoms with van der Waals surface area (Å²) in [5, 5.41) is 22.0. The third-order valence-electron chi connectivity index (χ3n) is 3.45. The van der Waals surface area contributed by atoms with Gasteiger partial charge in [-0.25, -0.2) is 4.98 Å². The number of aryl methyl sites for hydroxylation is 1. The zero-order valence-electron chi connectivity index (χ0n) is 12.5. The van der Waals surface area contributed by atoms with Crippen molar-refractivity contribution in [2.45, 2.75) is 39.3 Å². The molecule has 0 saturated heterocycles. The molecule has 0 saturated carbocycles. The summed E-state index contributed by atoms with van der Waals surface area (Å²) in [5.74, 6) is 0.178. The first kappa shape index (κ1) is 17.5. The van der Waals surface area contributed by atoms with Gasteiger partial charge in [0.15, 0.2) is 0 Å². The second kappa shape index (κ2) is 9.41. The standard InChI is InChI=1S/C14H26N2O3S/c1-10(7-17)11(2)15-6-13(18)8-19-5-4-14-12(3)16-9-20-14/h9-11,13,15,17-18H,4-8H2,1-3H3. The van der Waals surface area contributed by atoms with Crippen molar-refractivity contribution in [1.82, 2.24) is 10.3 Å². The van der Waals surface area contributed by atoms with E-state index in [0.717, 1.165) is 12.1 Å². The van der Waals surface area contributed by atoms with E-state index in [9.17, 15) is 5.11 Å². The normalized spacial score (nSPS) is 16.1. The average Bonchev–Trinajstić information content (AvgIpc) is 2.85. The minimum Gasteiger partial charge on any atom is -0.396 e. The molecule has 3 unspecified atom stereocenters.